The van der Waals surface area contributed by atoms with Crippen molar-refractivity contribution >= 4 is 41.4 Å². The number of nitrogens with zero attached hydrogens (tertiary/aromatic N) is 1. The Morgan fingerprint density at radius 3 is 2.44 bits per heavy atom. The van der Waals surface area contributed by atoms with Gasteiger partial charge in [-0.2, -0.15) is 0 Å². The van der Waals surface area contributed by atoms with Crippen molar-refractivity contribution in [3.05, 3.63) is 34.9 Å². The predicted molar refractivity (Wildman–Crippen MR) is 159 cm³/mol. The molecule has 2 saturated heterocycles. The minimum Gasteiger partial charge on any atom is -0.467 e. The van der Waals surface area contributed by atoms with E-state index < -0.39 is 41.5 Å². The molecular weight excluding hydrogens is 576 g/mol. The first kappa shape index (κ1) is 32.6. The van der Waals surface area contributed by atoms with Crippen molar-refractivity contribution in [3.63, 3.8) is 0 Å². The van der Waals surface area contributed by atoms with Crippen molar-refractivity contribution in [2.24, 2.45) is 11.8 Å². The van der Waals surface area contributed by atoms with Crippen molar-refractivity contribution in [2.75, 3.05) is 20.2 Å². The van der Waals surface area contributed by atoms with Gasteiger partial charge in [0.15, 0.2) is 0 Å². The molecule has 1 aliphatic carbocycles. The van der Waals surface area contributed by atoms with Crippen LogP contribution < -0.4 is 16.0 Å². The lowest BCUT2D eigenvalue weighted by molar-refractivity contribution is -0.146. The molecule has 2 aliphatic heterocycles. The van der Waals surface area contributed by atoms with E-state index in [1.54, 1.807) is 29.2 Å². The number of methoxy groups -OCH3 is 1. The van der Waals surface area contributed by atoms with Gasteiger partial charge in [0.1, 0.15) is 18.7 Å². The molecule has 1 aromatic carbocycles. The van der Waals surface area contributed by atoms with Gasteiger partial charge in [-0.25, -0.2) is 9.59 Å². The third kappa shape index (κ3) is 9.08. The number of carbonyl (C=O) groups excluding carboxylic acids is 5. The highest BCUT2D eigenvalue weighted by Gasteiger charge is 2.47. The Balaban J connectivity index is 1.40. The lowest BCUT2D eigenvalue weighted by Crippen LogP contribution is -2.53. The van der Waals surface area contributed by atoms with Crippen LogP contribution in [0.1, 0.15) is 76.7 Å². The minimum atomic E-state index is -1.07. The molecule has 3 N–H and O–H groups in total. The average Bonchev–Trinajstić information content (AvgIpc) is 3.29. The number of amides is 4. The summed E-state index contributed by atoms with van der Waals surface area (Å²) >= 11 is 6.02. The fourth-order valence-corrected chi connectivity index (χ4v) is 6.82. The van der Waals surface area contributed by atoms with E-state index in [2.05, 4.69) is 16.0 Å². The number of hydrogen-bond donors (Lipinski definition) is 3. The van der Waals surface area contributed by atoms with Gasteiger partial charge in [-0.3, -0.25) is 14.4 Å². The molecule has 236 valence electrons. The summed E-state index contributed by atoms with van der Waals surface area (Å²) in [6, 6.07) is 4.95. The van der Waals surface area contributed by atoms with E-state index in [0.717, 1.165) is 32.1 Å². The van der Waals surface area contributed by atoms with Crippen LogP contribution in [0.25, 0.3) is 0 Å². The second-order valence-electron chi connectivity index (χ2n) is 12.1. The zero-order chi connectivity index (χ0) is 31.0. The highest BCUT2D eigenvalue weighted by Crippen LogP contribution is 2.36. The molecule has 3 fully saturated rings. The number of benzene rings is 1. The zero-order valence-corrected chi connectivity index (χ0v) is 25.8. The Kier molecular flexibility index (Phi) is 11.3. The van der Waals surface area contributed by atoms with E-state index in [1.165, 1.54) is 14.0 Å². The fraction of sp³-hybridized carbons (Fsp3) is 0.645. The summed E-state index contributed by atoms with van der Waals surface area (Å²) in [4.78, 5) is 65.7. The van der Waals surface area contributed by atoms with E-state index in [0.29, 0.717) is 49.4 Å². The summed E-state index contributed by atoms with van der Waals surface area (Å²) in [7, 11) is 1.24. The monoisotopic (exact) mass is 618 g/mol. The van der Waals surface area contributed by atoms with Crippen LogP contribution in [0, 0.1) is 11.8 Å². The largest absolute Gasteiger partial charge is 0.467 e. The van der Waals surface area contributed by atoms with Gasteiger partial charge in [0.2, 0.25) is 17.7 Å². The third-order valence-electron chi connectivity index (χ3n) is 9.05. The Hall–Kier alpha value is -3.34. The van der Waals surface area contributed by atoms with E-state index >= 15 is 0 Å². The predicted octanol–water partition coefficient (Wildman–Crippen LogP) is 3.47. The molecule has 1 saturated carbocycles. The van der Waals surface area contributed by atoms with E-state index in [-0.39, 0.29) is 30.8 Å². The van der Waals surface area contributed by atoms with Crippen LogP contribution in [-0.4, -0.2) is 72.5 Å². The zero-order valence-electron chi connectivity index (χ0n) is 25.0. The topological polar surface area (TPSA) is 143 Å². The summed E-state index contributed by atoms with van der Waals surface area (Å²) in [6.45, 7) is 2.63. The van der Waals surface area contributed by atoms with E-state index in [1.807, 2.05) is 0 Å². The van der Waals surface area contributed by atoms with Gasteiger partial charge in [0, 0.05) is 36.5 Å². The number of piperidine rings is 1. The average molecular weight is 619 g/mol. The van der Waals surface area contributed by atoms with Gasteiger partial charge in [0.05, 0.1) is 7.11 Å². The molecule has 1 spiro atoms. The summed E-state index contributed by atoms with van der Waals surface area (Å²) in [6.07, 6.45) is 6.67. The maximum absolute atomic E-state index is 13.6. The van der Waals surface area contributed by atoms with Crippen molar-refractivity contribution < 1.29 is 33.4 Å². The lowest BCUT2D eigenvalue weighted by atomic mass is 9.82. The second-order valence-corrected chi connectivity index (χ2v) is 12.6. The third-order valence-corrected chi connectivity index (χ3v) is 9.28. The van der Waals surface area contributed by atoms with Gasteiger partial charge in [-0.05, 0) is 55.7 Å². The van der Waals surface area contributed by atoms with Gasteiger partial charge in [0.25, 0.3) is 0 Å². The lowest BCUT2D eigenvalue weighted by Gasteiger charge is -2.39. The molecule has 1 aromatic rings. The van der Waals surface area contributed by atoms with E-state index in [9.17, 15) is 24.0 Å². The summed E-state index contributed by atoms with van der Waals surface area (Å²) in [5, 5.41) is 9.10. The molecule has 0 aromatic heterocycles. The Morgan fingerprint density at radius 2 is 1.79 bits per heavy atom. The van der Waals surface area contributed by atoms with Crippen LogP contribution in [0.3, 0.4) is 0 Å². The van der Waals surface area contributed by atoms with Crippen molar-refractivity contribution in [3.8, 4) is 0 Å². The molecule has 4 rings (SSSR count). The van der Waals surface area contributed by atoms with Crippen LogP contribution in [0.2, 0.25) is 5.02 Å². The van der Waals surface area contributed by atoms with Gasteiger partial charge < -0.3 is 30.3 Å². The number of likely N-dealkylation sites (tertiary alicyclic amines) is 1. The van der Waals surface area contributed by atoms with Crippen LogP contribution in [0.4, 0.5) is 4.79 Å². The van der Waals surface area contributed by atoms with Crippen molar-refractivity contribution in [2.45, 2.75) is 95.4 Å². The second kappa shape index (κ2) is 14.9. The first-order valence-corrected chi connectivity index (χ1v) is 15.6. The van der Waals surface area contributed by atoms with Crippen LogP contribution in [0.15, 0.2) is 24.3 Å². The highest BCUT2D eigenvalue weighted by atomic mass is 35.5. The Bertz CT molecular complexity index is 1180. The number of carbonyl (C=O) groups is 5. The standard InChI is InChI=1S/C31H43ClN4O7/c1-20(37)36-13-11-31(12-14-36)18-23(27(38)35-31)17-26(29(40)42-2)33-28(39)25(16-21-7-4-3-5-8-21)34-30(41)43-19-22-9-6-10-24(32)15-22/h6,9-10,15,21,23,25-26H,3-5,7-8,11-14,16-19H2,1-2H3,(H,33,39)(H,34,41)(H,35,38)/t23?,25-,26?/m0/s1. The molecule has 4 amide bonds. The molecule has 43 heavy (non-hydrogen) atoms. The molecule has 11 nitrogen and oxygen atoms in total. The Morgan fingerprint density at radius 1 is 1.07 bits per heavy atom. The number of rotatable bonds is 10. The van der Waals surface area contributed by atoms with Gasteiger partial charge in [-0.15, -0.1) is 0 Å². The van der Waals surface area contributed by atoms with Crippen LogP contribution >= 0.6 is 11.6 Å². The maximum Gasteiger partial charge on any atom is 0.408 e. The van der Waals surface area contributed by atoms with Crippen LogP contribution in [0.5, 0.6) is 0 Å². The molecule has 0 radical (unpaired) electrons. The summed E-state index contributed by atoms with van der Waals surface area (Å²) in [5.41, 5.74) is 0.275. The number of hydrogen-bond acceptors (Lipinski definition) is 7. The normalized spacial score (nSPS) is 21.4. The fourth-order valence-electron chi connectivity index (χ4n) is 6.61. The highest BCUT2D eigenvalue weighted by molar-refractivity contribution is 6.30. The SMILES string of the molecule is COC(=O)C(CC1CC2(CCN(C(C)=O)CC2)NC1=O)NC(=O)[C@H](CC1CCCCC1)NC(=O)OCc1cccc(Cl)c1. The van der Waals surface area contributed by atoms with Crippen molar-refractivity contribution in [1.82, 2.24) is 20.9 Å². The maximum atomic E-state index is 13.6. The smallest absolute Gasteiger partial charge is 0.408 e. The van der Waals surface area contributed by atoms with Gasteiger partial charge >= 0.3 is 12.1 Å². The quantitative estimate of drug-likeness (QED) is 0.341. The molecular formula is C31H43ClN4O7. The van der Waals surface area contributed by atoms with Crippen LogP contribution in [-0.2, 0) is 35.3 Å². The molecule has 12 heteroatoms. The molecule has 2 heterocycles. The number of halogens is 1. The van der Waals surface area contributed by atoms with E-state index in [4.69, 9.17) is 21.1 Å². The van der Waals surface area contributed by atoms with Gasteiger partial charge in [-0.1, -0.05) is 55.8 Å². The minimum absolute atomic E-state index is 0.00826. The molecule has 0 bridgehead atoms. The number of alkyl carbamates (subject to hydrolysis) is 1. The first-order chi connectivity index (χ1) is 20.6. The number of esters is 1. The molecule has 2 unspecified atom stereocenters. The first-order valence-electron chi connectivity index (χ1n) is 15.2. The number of ether oxygens (including phenoxy) is 2. The molecule has 3 aliphatic rings. The number of nitrogens with one attached hydrogen (secondary N) is 3. The molecule has 3 atom stereocenters. The van der Waals surface area contributed by atoms with Crippen molar-refractivity contribution in [1.29, 1.82) is 0 Å². The summed E-state index contributed by atoms with van der Waals surface area (Å²) < 4.78 is 10.4. The Labute approximate surface area is 257 Å². The summed E-state index contributed by atoms with van der Waals surface area (Å²) in [5.74, 6) is -1.62.